The Hall–Kier alpha value is -1.26. The quantitative estimate of drug-likeness (QED) is 0.801. The molecule has 0 radical (unpaired) electrons. The number of hydrogen-bond acceptors (Lipinski definition) is 4. The zero-order valence-electron chi connectivity index (χ0n) is 12.7. The lowest BCUT2D eigenvalue weighted by molar-refractivity contribution is -0.158. The van der Waals surface area contributed by atoms with E-state index in [0.717, 1.165) is 6.42 Å². The zero-order valence-corrected chi connectivity index (χ0v) is 12.7. The average Bonchev–Trinajstić information content (AvgIpc) is 2.19. The summed E-state index contributed by atoms with van der Waals surface area (Å²) in [6.45, 7) is 9.45. The molecule has 5 heteroatoms. The highest BCUT2D eigenvalue weighted by Gasteiger charge is 2.56. The number of amides is 1. The molecule has 0 aromatic rings. The van der Waals surface area contributed by atoms with Gasteiger partial charge in [0.05, 0.1) is 7.11 Å². The second-order valence-electron chi connectivity index (χ2n) is 6.48. The van der Waals surface area contributed by atoms with Gasteiger partial charge in [-0.05, 0) is 45.4 Å². The molecule has 1 fully saturated rings. The molecule has 19 heavy (non-hydrogen) atoms. The summed E-state index contributed by atoms with van der Waals surface area (Å²) >= 11 is 0. The third kappa shape index (κ3) is 3.39. The van der Waals surface area contributed by atoms with Crippen LogP contribution in [0, 0.1) is 11.8 Å². The summed E-state index contributed by atoms with van der Waals surface area (Å²) in [5, 5.41) is 2.73. The summed E-state index contributed by atoms with van der Waals surface area (Å²) in [6, 6.07) is 0. The van der Waals surface area contributed by atoms with Gasteiger partial charge < -0.3 is 14.8 Å². The summed E-state index contributed by atoms with van der Waals surface area (Å²) in [6.07, 6.45) is 0.938. The molecular formula is C14H25NO4. The van der Waals surface area contributed by atoms with Crippen molar-refractivity contribution in [2.75, 3.05) is 7.11 Å². The van der Waals surface area contributed by atoms with Crippen LogP contribution in [0.2, 0.25) is 0 Å². The van der Waals surface area contributed by atoms with E-state index in [2.05, 4.69) is 5.32 Å². The van der Waals surface area contributed by atoms with E-state index in [4.69, 9.17) is 9.47 Å². The van der Waals surface area contributed by atoms with Crippen molar-refractivity contribution in [1.82, 2.24) is 5.32 Å². The minimum atomic E-state index is -0.925. The summed E-state index contributed by atoms with van der Waals surface area (Å²) in [5.41, 5.74) is -1.51. The Labute approximate surface area is 115 Å². The van der Waals surface area contributed by atoms with Crippen molar-refractivity contribution in [1.29, 1.82) is 0 Å². The first-order valence-corrected chi connectivity index (χ1v) is 6.72. The Morgan fingerprint density at radius 3 is 2.21 bits per heavy atom. The number of alkyl carbamates (subject to hydrolysis) is 1. The van der Waals surface area contributed by atoms with Crippen molar-refractivity contribution in [2.45, 2.75) is 58.6 Å². The van der Waals surface area contributed by atoms with E-state index in [1.807, 2.05) is 13.8 Å². The van der Waals surface area contributed by atoms with Crippen molar-refractivity contribution in [3.63, 3.8) is 0 Å². The van der Waals surface area contributed by atoms with E-state index in [1.165, 1.54) is 7.11 Å². The molecule has 110 valence electrons. The van der Waals surface area contributed by atoms with Gasteiger partial charge in [0, 0.05) is 0 Å². The fraction of sp³-hybridized carbons (Fsp3) is 0.857. The van der Waals surface area contributed by atoms with E-state index in [-0.39, 0.29) is 11.9 Å². The Bertz CT molecular complexity index is 359. The molecule has 0 bridgehead atoms. The monoisotopic (exact) mass is 271 g/mol. The van der Waals surface area contributed by atoms with Crippen molar-refractivity contribution >= 4 is 12.1 Å². The number of hydrogen-bond donors (Lipinski definition) is 1. The second kappa shape index (κ2) is 5.39. The largest absolute Gasteiger partial charge is 0.467 e. The third-order valence-corrected chi connectivity index (χ3v) is 3.56. The fourth-order valence-corrected chi connectivity index (χ4v) is 2.63. The molecule has 0 aromatic heterocycles. The van der Waals surface area contributed by atoms with Crippen LogP contribution in [-0.2, 0) is 14.3 Å². The van der Waals surface area contributed by atoms with Crippen LogP contribution in [0.15, 0.2) is 0 Å². The molecule has 1 amide bonds. The van der Waals surface area contributed by atoms with Gasteiger partial charge in [0.2, 0.25) is 0 Å². The van der Waals surface area contributed by atoms with Gasteiger partial charge in [0.25, 0.3) is 0 Å². The maximum absolute atomic E-state index is 12.0. The SMILES string of the molecule is COC(=O)[C@@]1(NC(=O)OC(C)(C)C)CC[C@@H]1C(C)C. The summed E-state index contributed by atoms with van der Waals surface area (Å²) < 4.78 is 10.1. The van der Waals surface area contributed by atoms with E-state index in [9.17, 15) is 9.59 Å². The van der Waals surface area contributed by atoms with Crippen LogP contribution >= 0.6 is 0 Å². The molecule has 1 rings (SSSR count). The molecule has 0 aliphatic heterocycles. The molecule has 1 aliphatic carbocycles. The maximum atomic E-state index is 12.0. The highest BCUT2D eigenvalue weighted by atomic mass is 16.6. The molecular weight excluding hydrogens is 246 g/mol. The highest BCUT2D eigenvalue weighted by Crippen LogP contribution is 2.44. The Balaban J connectivity index is 2.83. The lowest BCUT2D eigenvalue weighted by atomic mass is 9.62. The fourth-order valence-electron chi connectivity index (χ4n) is 2.63. The smallest absolute Gasteiger partial charge is 0.408 e. The van der Waals surface area contributed by atoms with Gasteiger partial charge in [-0.25, -0.2) is 9.59 Å². The molecule has 2 atom stereocenters. The predicted molar refractivity (Wildman–Crippen MR) is 71.7 cm³/mol. The Morgan fingerprint density at radius 2 is 1.89 bits per heavy atom. The third-order valence-electron chi connectivity index (χ3n) is 3.56. The lowest BCUT2D eigenvalue weighted by Crippen LogP contribution is -2.67. The van der Waals surface area contributed by atoms with Gasteiger partial charge >= 0.3 is 12.1 Å². The van der Waals surface area contributed by atoms with E-state index in [0.29, 0.717) is 12.3 Å². The number of methoxy groups -OCH3 is 1. The van der Waals surface area contributed by atoms with Crippen molar-refractivity contribution in [3.05, 3.63) is 0 Å². The molecule has 1 aliphatic rings. The summed E-state index contributed by atoms with van der Waals surface area (Å²) in [7, 11) is 1.34. The van der Waals surface area contributed by atoms with Crippen LogP contribution in [-0.4, -0.2) is 30.3 Å². The van der Waals surface area contributed by atoms with Gasteiger partial charge in [-0.1, -0.05) is 13.8 Å². The molecule has 0 spiro atoms. The number of rotatable bonds is 3. The molecule has 0 aromatic carbocycles. The second-order valence-corrected chi connectivity index (χ2v) is 6.48. The number of carbonyl (C=O) groups excluding carboxylic acids is 2. The van der Waals surface area contributed by atoms with Crippen LogP contribution in [0.1, 0.15) is 47.5 Å². The molecule has 5 nitrogen and oxygen atoms in total. The number of ether oxygens (including phenoxy) is 2. The first kappa shape index (κ1) is 15.8. The lowest BCUT2D eigenvalue weighted by Gasteiger charge is -2.49. The molecule has 0 unspecified atom stereocenters. The van der Waals surface area contributed by atoms with E-state index < -0.39 is 17.2 Å². The van der Waals surface area contributed by atoms with Crippen molar-refractivity contribution in [2.24, 2.45) is 11.8 Å². The zero-order chi connectivity index (χ0) is 14.8. The van der Waals surface area contributed by atoms with Gasteiger partial charge in [-0.2, -0.15) is 0 Å². The first-order chi connectivity index (χ1) is 8.62. The maximum Gasteiger partial charge on any atom is 0.408 e. The first-order valence-electron chi connectivity index (χ1n) is 6.72. The average molecular weight is 271 g/mol. The number of esters is 1. The Kier molecular flexibility index (Phi) is 4.48. The van der Waals surface area contributed by atoms with Crippen LogP contribution in [0.3, 0.4) is 0 Å². The predicted octanol–water partition coefficient (Wildman–Crippen LogP) is 2.49. The van der Waals surface area contributed by atoms with Gasteiger partial charge in [-0.3, -0.25) is 0 Å². The molecule has 1 saturated carbocycles. The van der Waals surface area contributed by atoms with Crippen LogP contribution < -0.4 is 5.32 Å². The van der Waals surface area contributed by atoms with Gasteiger partial charge in [0.1, 0.15) is 11.1 Å². The van der Waals surface area contributed by atoms with Crippen LogP contribution in [0.25, 0.3) is 0 Å². The van der Waals surface area contributed by atoms with Crippen molar-refractivity contribution in [3.8, 4) is 0 Å². The minimum Gasteiger partial charge on any atom is -0.467 e. The topological polar surface area (TPSA) is 64.6 Å². The molecule has 0 saturated heterocycles. The highest BCUT2D eigenvalue weighted by molar-refractivity contribution is 5.87. The molecule has 0 heterocycles. The van der Waals surface area contributed by atoms with Crippen LogP contribution in [0.5, 0.6) is 0 Å². The van der Waals surface area contributed by atoms with Gasteiger partial charge in [-0.15, -0.1) is 0 Å². The summed E-state index contributed by atoms with van der Waals surface area (Å²) in [5.74, 6) is -0.00133. The Morgan fingerprint density at radius 1 is 1.32 bits per heavy atom. The number of nitrogens with one attached hydrogen (secondary N) is 1. The summed E-state index contributed by atoms with van der Waals surface area (Å²) in [4.78, 5) is 24.0. The van der Waals surface area contributed by atoms with Crippen molar-refractivity contribution < 1.29 is 19.1 Å². The van der Waals surface area contributed by atoms with E-state index >= 15 is 0 Å². The van der Waals surface area contributed by atoms with Crippen LogP contribution in [0.4, 0.5) is 4.79 Å². The molecule has 1 N–H and O–H groups in total. The number of carbonyl (C=O) groups is 2. The van der Waals surface area contributed by atoms with Gasteiger partial charge in [0.15, 0.2) is 0 Å². The normalized spacial score (nSPS) is 26.6. The minimum absolute atomic E-state index is 0.0902. The standard InChI is InChI=1S/C14H25NO4/c1-9(2)10-7-8-14(10,11(16)18-6)15-12(17)19-13(3,4)5/h9-10H,7-8H2,1-6H3,(H,15,17)/t10-,14-/m1/s1. The van der Waals surface area contributed by atoms with E-state index in [1.54, 1.807) is 20.8 Å².